The van der Waals surface area contributed by atoms with E-state index in [1.54, 1.807) is 5.57 Å². The van der Waals surface area contributed by atoms with Crippen LogP contribution in [0.15, 0.2) is 11.6 Å². The average Bonchev–Trinajstić information content (AvgIpc) is 2.44. The third kappa shape index (κ3) is 20.3. The van der Waals surface area contributed by atoms with Crippen molar-refractivity contribution in [2.24, 2.45) is 17.8 Å². The lowest BCUT2D eigenvalue weighted by molar-refractivity contribution is -0.864. The number of quaternary nitrogens is 1. The summed E-state index contributed by atoms with van der Waals surface area (Å²) in [6.07, 6.45) is 15.0. The minimum atomic E-state index is 0. The van der Waals surface area contributed by atoms with Crippen molar-refractivity contribution in [3.8, 4) is 0 Å². The number of hydrogen-bond acceptors (Lipinski definition) is 0. The van der Waals surface area contributed by atoms with Crippen molar-refractivity contribution in [2.45, 2.75) is 92.4 Å². The smallest absolute Gasteiger partial charge is 0.0970 e. The molecule has 0 aromatic heterocycles. The predicted octanol–water partition coefficient (Wildman–Crippen LogP) is 4.08. The highest BCUT2D eigenvalue weighted by Crippen LogP contribution is 2.22. The van der Waals surface area contributed by atoms with Gasteiger partial charge < -0.3 is 21.5 Å². The standard InChI is InChI=1S/C23H48N.BrH/c1-20(2)12-9-13-21(3)14-10-15-22(4)16-11-17-23(5)18-19-24(6,7)8;/h18,20-22H,9-17,19H2,1-8H3;1H/q+1;/p-1/b23-18+;. The van der Waals surface area contributed by atoms with Gasteiger partial charge in [-0.05, 0) is 43.6 Å². The molecule has 152 valence electrons. The molecule has 0 rings (SSSR count). The highest BCUT2D eigenvalue weighted by atomic mass is 79.9. The summed E-state index contributed by atoms with van der Waals surface area (Å²) in [6.45, 7) is 13.0. The van der Waals surface area contributed by atoms with Crippen LogP contribution in [0.4, 0.5) is 0 Å². The fourth-order valence-corrected chi connectivity index (χ4v) is 3.24. The molecule has 0 radical (unpaired) electrons. The maximum absolute atomic E-state index is 2.45. The zero-order valence-corrected chi connectivity index (χ0v) is 20.3. The van der Waals surface area contributed by atoms with Crippen LogP contribution in [0.2, 0.25) is 0 Å². The molecule has 0 heterocycles. The first-order chi connectivity index (χ1) is 11.1. The number of allylic oxidation sites excluding steroid dienone is 1. The SMILES string of the molecule is C/C(=C\C[N+](C)(C)C)CCCC(C)CCCC(C)CCCC(C)C.[Br-]. The van der Waals surface area contributed by atoms with Crippen molar-refractivity contribution >= 4 is 0 Å². The Kier molecular flexibility index (Phi) is 16.7. The van der Waals surface area contributed by atoms with E-state index in [1.165, 1.54) is 57.8 Å². The van der Waals surface area contributed by atoms with Gasteiger partial charge >= 0.3 is 0 Å². The molecule has 0 spiro atoms. The van der Waals surface area contributed by atoms with Gasteiger partial charge in [0.05, 0.1) is 27.7 Å². The molecular weight excluding hydrogens is 370 g/mol. The Morgan fingerprint density at radius 2 is 1.20 bits per heavy atom. The van der Waals surface area contributed by atoms with Gasteiger partial charge in [0.15, 0.2) is 0 Å². The van der Waals surface area contributed by atoms with Crippen LogP contribution in [0.3, 0.4) is 0 Å². The first kappa shape index (κ1) is 27.4. The molecular formula is C23H48BrN. The van der Waals surface area contributed by atoms with E-state index in [-0.39, 0.29) is 17.0 Å². The number of hydrogen-bond donors (Lipinski definition) is 0. The number of nitrogens with zero attached hydrogens (tertiary/aromatic N) is 1. The van der Waals surface area contributed by atoms with Crippen LogP contribution < -0.4 is 17.0 Å². The topological polar surface area (TPSA) is 0 Å². The van der Waals surface area contributed by atoms with Crippen LogP contribution in [-0.4, -0.2) is 32.2 Å². The summed E-state index contributed by atoms with van der Waals surface area (Å²) in [5.74, 6) is 2.70. The molecule has 0 aromatic rings. The average molecular weight is 419 g/mol. The van der Waals surface area contributed by atoms with Crippen molar-refractivity contribution in [3.63, 3.8) is 0 Å². The number of halogens is 1. The Hall–Kier alpha value is 0.180. The van der Waals surface area contributed by atoms with Gasteiger partial charge in [-0.2, -0.15) is 0 Å². The van der Waals surface area contributed by atoms with Gasteiger partial charge in [0.1, 0.15) is 0 Å². The molecule has 1 nitrogen and oxygen atoms in total. The van der Waals surface area contributed by atoms with Gasteiger partial charge in [0, 0.05) is 0 Å². The van der Waals surface area contributed by atoms with E-state index in [0.29, 0.717) is 0 Å². The Bertz CT molecular complexity index is 327. The monoisotopic (exact) mass is 417 g/mol. The molecule has 0 aromatic carbocycles. The van der Waals surface area contributed by atoms with Crippen molar-refractivity contribution in [1.29, 1.82) is 0 Å². The Labute approximate surface area is 171 Å². The second kappa shape index (κ2) is 15.3. The Morgan fingerprint density at radius 1 is 0.760 bits per heavy atom. The quantitative estimate of drug-likeness (QED) is 0.295. The number of likely N-dealkylation sites (N-methyl/N-ethyl adjacent to an activating group) is 1. The van der Waals surface area contributed by atoms with E-state index >= 15 is 0 Å². The van der Waals surface area contributed by atoms with E-state index in [0.717, 1.165) is 28.8 Å². The molecule has 0 fully saturated rings. The molecule has 0 N–H and O–H groups in total. The molecule has 2 atom stereocenters. The maximum Gasteiger partial charge on any atom is 0.0970 e. The molecule has 0 saturated carbocycles. The van der Waals surface area contributed by atoms with Gasteiger partial charge in [0.25, 0.3) is 0 Å². The van der Waals surface area contributed by atoms with Crippen LogP contribution in [0, 0.1) is 17.8 Å². The van der Waals surface area contributed by atoms with Crippen LogP contribution in [0.1, 0.15) is 92.4 Å². The largest absolute Gasteiger partial charge is 1.00 e. The van der Waals surface area contributed by atoms with E-state index < -0.39 is 0 Å². The lowest BCUT2D eigenvalue weighted by Gasteiger charge is -2.22. The zero-order chi connectivity index (χ0) is 18.6. The molecule has 0 bridgehead atoms. The highest BCUT2D eigenvalue weighted by Gasteiger charge is 2.07. The lowest BCUT2D eigenvalue weighted by atomic mass is 9.91. The summed E-state index contributed by atoms with van der Waals surface area (Å²) in [4.78, 5) is 0. The van der Waals surface area contributed by atoms with Crippen molar-refractivity contribution in [3.05, 3.63) is 11.6 Å². The maximum atomic E-state index is 2.45. The second-order valence-electron chi connectivity index (χ2n) is 9.88. The van der Waals surface area contributed by atoms with Crippen molar-refractivity contribution < 1.29 is 21.5 Å². The van der Waals surface area contributed by atoms with Gasteiger partial charge in [-0.15, -0.1) is 0 Å². The van der Waals surface area contributed by atoms with Crippen molar-refractivity contribution in [1.82, 2.24) is 0 Å². The highest BCUT2D eigenvalue weighted by molar-refractivity contribution is 4.97. The predicted molar refractivity (Wildman–Crippen MR) is 111 cm³/mol. The van der Waals surface area contributed by atoms with Gasteiger partial charge in [0.2, 0.25) is 0 Å². The van der Waals surface area contributed by atoms with Gasteiger partial charge in [-0.25, -0.2) is 0 Å². The fraction of sp³-hybridized carbons (Fsp3) is 0.913. The van der Waals surface area contributed by atoms with Gasteiger partial charge in [-0.1, -0.05) is 78.2 Å². The normalized spacial score (nSPS) is 15.2. The van der Waals surface area contributed by atoms with E-state index in [2.05, 4.69) is 61.8 Å². The van der Waals surface area contributed by atoms with E-state index in [9.17, 15) is 0 Å². The van der Waals surface area contributed by atoms with Crippen LogP contribution in [-0.2, 0) is 0 Å². The first-order valence-corrected chi connectivity index (χ1v) is 10.6. The molecule has 0 amide bonds. The zero-order valence-electron chi connectivity index (χ0n) is 18.7. The molecule has 2 heteroatoms. The number of rotatable bonds is 14. The first-order valence-electron chi connectivity index (χ1n) is 10.6. The summed E-state index contributed by atoms with van der Waals surface area (Å²) >= 11 is 0. The molecule has 0 aliphatic carbocycles. The summed E-state index contributed by atoms with van der Waals surface area (Å²) in [5, 5.41) is 0. The fourth-order valence-electron chi connectivity index (χ4n) is 3.24. The minimum absolute atomic E-state index is 0. The summed E-state index contributed by atoms with van der Waals surface area (Å²) in [5.41, 5.74) is 1.58. The molecule has 0 saturated heterocycles. The Morgan fingerprint density at radius 3 is 1.64 bits per heavy atom. The second-order valence-corrected chi connectivity index (χ2v) is 9.88. The lowest BCUT2D eigenvalue weighted by Crippen LogP contribution is -3.00. The van der Waals surface area contributed by atoms with Crippen LogP contribution in [0.25, 0.3) is 0 Å². The molecule has 0 aliphatic rings. The summed E-state index contributed by atoms with van der Waals surface area (Å²) in [7, 11) is 6.78. The van der Waals surface area contributed by atoms with Gasteiger partial charge in [-0.3, -0.25) is 0 Å². The van der Waals surface area contributed by atoms with Crippen LogP contribution in [0.5, 0.6) is 0 Å². The van der Waals surface area contributed by atoms with E-state index in [4.69, 9.17) is 0 Å². The molecule has 0 aliphatic heterocycles. The molecule has 25 heavy (non-hydrogen) atoms. The summed E-state index contributed by atoms with van der Waals surface area (Å²) < 4.78 is 1.03. The Balaban J connectivity index is 0. The molecule has 2 unspecified atom stereocenters. The van der Waals surface area contributed by atoms with E-state index in [1.807, 2.05) is 0 Å². The van der Waals surface area contributed by atoms with Crippen molar-refractivity contribution in [2.75, 3.05) is 27.7 Å². The third-order valence-corrected chi connectivity index (χ3v) is 5.13. The minimum Gasteiger partial charge on any atom is -1.00 e. The van der Waals surface area contributed by atoms with Crippen LogP contribution >= 0.6 is 0 Å². The third-order valence-electron chi connectivity index (χ3n) is 5.13. The summed E-state index contributed by atoms with van der Waals surface area (Å²) in [6, 6.07) is 0.